The van der Waals surface area contributed by atoms with Crippen molar-refractivity contribution in [2.75, 3.05) is 6.61 Å². The number of hydrazone groups is 1. The van der Waals surface area contributed by atoms with Crippen LogP contribution in [0.1, 0.15) is 28.6 Å². The van der Waals surface area contributed by atoms with Crippen LogP contribution >= 0.6 is 27.5 Å². The number of non-ortho nitro benzene ring substituents is 1. The van der Waals surface area contributed by atoms with Crippen molar-refractivity contribution in [3.05, 3.63) is 97.2 Å². The van der Waals surface area contributed by atoms with Crippen molar-refractivity contribution in [3.63, 3.8) is 0 Å². The Morgan fingerprint density at radius 1 is 1.14 bits per heavy atom. The van der Waals surface area contributed by atoms with Gasteiger partial charge in [-0.25, -0.2) is 5.43 Å². The highest BCUT2D eigenvalue weighted by Gasteiger charge is 2.15. The predicted octanol–water partition coefficient (Wildman–Crippen LogP) is 6.50. The molecule has 0 aliphatic rings. The van der Waals surface area contributed by atoms with E-state index in [1.165, 1.54) is 30.5 Å². The Balaban J connectivity index is 1.46. The zero-order valence-electron chi connectivity index (χ0n) is 18.9. The Labute approximate surface area is 218 Å². The molecule has 11 heteroatoms. The first-order valence-corrected chi connectivity index (χ1v) is 11.9. The second-order valence-corrected chi connectivity index (χ2v) is 8.75. The molecule has 4 rings (SSSR count). The molecule has 1 aromatic heterocycles. The third-order valence-corrected chi connectivity index (χ3v) is 5.91. The zero-order chi connectivity index (χ0) is 25.7. The minimum absolute atomic E-state index is 0.0253. The van der Waals surface area contributed by atoms with Crippen LogP contribution in [0.4, 0.5) is 5.69 Å². The first-order valence-electron chi connectivity index (χ1n) is 10.7. The lowest BCUT2D eigenvalue weighted by molar-refractivity contribution is -0.384. The van der Waals surface area contributed by atoms with E-state index in [9.17, 15) is 14.9 Å². The fourth-order valence-corrected chi connectivity index (χ4v) is 3.80. The summed E-state index contributed by atoms with van der Waals surface area (Å²) in [6.07, 6.45) is 1.45. The maximum absolute atomic E-state index is 12.5. The number of nitrogens with zero attached hydrogens (tertiary/aromatic N) is 2. The normalized spacial score (nSPS) is 11.1. The summed E-state index contributed by atoms with van der Waals surface area (Å²) in [4.78, 5) is 22.9. The van der Waals surface area contributed by atoms with Gasteiger partial charge >= 0.3 is 5.91 Å². The Hall–Kier alpha value is -3.89. The van der Waals surface area contributed by atoms with E-state index in [4.69, 9.17) is 25.5 Å². The molecule has 3 aromatic carbocycles. The van der Waals surface area contributed by atoms with Gasteiger partial charge in [0.1, 0.15) is 12.2 Å². The SMILES string of the molecule is CCOc1cc(/C=N/NC(=O)c2cc3cc([N+](=O)[O-])ccc3o2)c(Br)cc1OCc1ccc(Cl)cc1. The number of rotatable bonds is 9. The molecular formula is C25H19BrClN3O6. The summed E-state index contributed by atoms with van der Waals surface area (Å²) in [6.45, 7) is 2.62. The highest BCUT2D eigenvalue weighted by Crippen LogP contribution is 2.34. The van der Waals surface area contributed by atoms with Crippen LogP contribution in [-0.2, 0) is 6.61 Å². The molecule has 0 bridgehead atoms. The molecule has 0 radical (unpaired) electrons. The van der Waals surface area contributed by atoms with Crippen LogP contribution in [0.15, 0.2) is 74.7 Å². The lowest BCUT2D eigenvalue weighted by Crippen LogP contribution is -2.16. The number of nitrogens with one attached hydrogen (secondary N) is 1. The number of hydrogen-bond donors (Lipinski definition) is 1. The molecule has 0 saturated heterocycles. The molecule has 0 saturated carbocycles. The van der Waals surface area contributed by atoms with Gasteiger partial charge in [0, 0.05) is 32.6 Å². The van der Waals surface area contributed by atoms with Gasteiger partial charge in [-0.05, 0) is 64.8 Å². The highest BCUT2D eigenvalue weighted by atomic mass is 79.9. The van der Waals surface area contributed by atoms with E-state index >= 15 is 0 Å². The van der Waals surface area contributed by atoms with Crippen molar-refractivity contribution in [1.82, 2.24) is 5.43 Å². The van der Waals surface area contributed by atoms with Crippen LogP contribution in [0.3, 0.4) is 0 Å². The second-order valence-electron chi connectivity index (χ2n) is 7.46. The van der Waals surface area contributed by atoms with Gasteiger partial charge in [-0.3, -0.25) is 14.9 Å². The van der Waals surface area contributed by atoms with Gasteiger partial charge in [-0.2, -0.15) is 5.10 Å². The van der Waals surface area contributed by atoms with Crippen LogP contribution in [0, 0.1) is 10.1 Å². The lowest BCUT2D eigenvalue weighted by Gasteiger charge is -2.14. The number of nitro benzene ring substituents is 1. The molecule has 0 aliphatic heterocycles. The molecule has 0 spiro atoms. The first kappa shape index (κ1) is 25.2. The number of ether oxygens (including phenoxy) is 2. The lowest BCUT2D eigenvalue weighted by atomic mass is 10.2. The van der Waals surface area contributed by atoms with E-state index in [1.54, 1.807) is 24.3 Å². The molecule has 4 aromatic rings. The minimum atomic E-state index is -0.603. The van der Waals surface area contributed by atoms with E-state index in [-0.39, 0.29) is 11.4 Å². The fraction of sp³-hybridized carbons (Fsp3) is 0.120. The number of carbonyl (C=O) groups is 1. The van der Waals surface area contributed by atoms with Crippen molar-refractivity contribution in [3.8, 4) is 11.5 Å². The Kier molecular flexibility index (Phi) is 7.87. The summed E-state index contributed by atoms with van der Waals surface area (Å²) < 4.78 is 17.8. The third kappa shape index (κ3) is 6.02. The van der Waals surface area contributed by atoms with Gasteiger partial charge < -0.3 is 13.9 Å². The molecule has 0 atom stereocenters. The molecule has 1 amide bonds. The van der Waals surface area contributed by atoms with Gasteiger partial charge in [-0.15, -0.1) is 0 Å². The molecule has 0 aliphatic carbocycles. The van der Waals surface area contributed by atoms with Gasteiger partial charge in [0.15, 0.2) is 17.3 Å². The van der Waals surface area contributed by atoms with E-state index < -0.39 is 10.8 Å². The molecule has 184 valence electrons. The van der Waals surface area contributed by atoms with Crippen LogP contribution in [-0.4, -0.2) is 23.7 Å². The second kappa shape index (κ2) is 11.2. The molecule has 1 N–H and O–H groups in total. The van der Waals surface area contributed by atoms with Gasteiger partial charge in [0.25, 0.3) is 5.69 Å². The summed E-state index contributed by atoms with van der Waals surface area (Å²) in [5.74, 6) is 0.425. The van der Waals surface area contributed by atoms with Crippen molar-refractivity contribution in [2.45, 2.75) is 13.5 Å². The number of benzene rings is 3. The topological polar surface area (TPSA) is 116 Å². The Morgan fingerprint density at radius 2 is 1.89 bits per heavy atom. The smallest absolute Gasteiger partial charge is 0.307 e. The number of halogens is 2. The van der Waals surface area contributed by atoms with Crippen LogP contribution in [0.2, 0.25) is 5.02 Å². The summed E-state index contributed by atoms with van der Waals surface area (Å²) in [6, 6.07) is 16.3. The molecular weight excluding hydrogens is 554 g/mol. The van der Waals surface area contributed by atoms with Crippen LogP contribution < -0.4 is 14.9 Å². The van der Waals surface area contributed by atoms with E-state index in [1.807, 2.05) is 19.1 Å². The van der Waals surface area contributed by atoms with E-state index in [2.05, 4.69) is 26.5 Å². The predicted molar refractivity (Wildman–Crippen MR) is 139 cm³/mol. The van der Waals surface area contributed by atoms with Crippen molar-refractivity contribution in [2.24, 2.45) is 5.10 Å². The Morgan fingerprint density at radius 3 is 2.61 bits per heavy atom. The largest absolute Gasteiger partial charge is 0.490 e. The average molecular weight is 573 g/mol. The quantitative estimate of drug-likeness (QED) is 0.139. The molecule has 1 heterocycles. The Bertz CT molecular complexity index is 1450. The van der Waals surface area contributed by atoms with Gasteiger partial charge in [0.2, 0.25) is 0 Å². The van der Waals surface area contributed by atoms with Crippen molar-refractivity contribution >= 4 is 56.3 Å². The maximum Gasteiger partial charge on any atom is 0.307 e. The highest BCUT2D eigenvalue weighted by molar-refractivity contribution is 9.10. The van der Waals surface area contributed by atoms with Crippen LogP contribution in [0.25, 0.3) is 11.0 Å². The zero-order valence-corrected chi connectivity index (χ0v) is 21.2. The summed E-state index contributed by atoms with van der Waals surface area (Å²) in [5.41, 5.74) is 4.24. The standard InChI is InChI=1S/C25H19BrClN3O6/c1-2-34-22-11-17(20(26)12-23(22)35-14-15-3-5-18(27)6-4-15)13-28-29-25(31)24-10-16-9-19(30(32)33)7-8-21(16)36-24/h3-13H,2,14H2,1H3,(H,29,31)/b28-13+. The number of hydrogen-bond acceptors (Lipinski definition) is 7. The van der Waals surface area contributed by atoms with Gasteiger partial charge in [-0.1, -0.05) is 23.7 Å². The number of carbonyl (C=O) groups excluding carboxylic acids is 1. The number of nitro groups is 1. The summed E-state index contributed by atoms with van der Waals surface area (Å²) in [5, 5.41) is 16.0. The van der Waals surface area contributed by atoms with Gasteiger partial charge in [0.05, 0.1) is 17.7 Å². The summed E-state index contributed by atoms with van der Waals surface area (Å²) in [7, 11) is 0. The van der Waals surface area contributed by atoms with Crippen LogP contribution in [0.5, 0.6) is 11.5 Å². The van der Waals surface area contributed by atoms with E-state index in [0.29, 0.717) is 50.7 Å². The van der Waals surface area contributed by atoms with Crippen molar-refractivity contribution < 1.29 is 23.6 Å². The number of furan rings is 1. The maximum atomic E-state index is 12.5. The first-order chi connectivity index (χ1) is 17.3. The summed E-state index contributed by atoms with van der Waals surface area (Å²) >= 11 is 9.42. The molecule has 36 heavy (non-hydrogen) atoms. The number of amides is 1. The monoisotopic (exact) mass is 571 g/mol. The average Bonchev–Trinajstić information content (AvgIpc) is 3.29. The fourth-order valence-electron chi connectivity index (χ4n) is 3.24. The minimum Gasteiger partial charge on any atom is -0.490 e. The third-order valence-electron chi connectivity index (χ3n) is 4.97. The van der Waals surface area contributed by atoms with Crippen molar-refractivity contribution in [1.29, 1.82) is 0 Å². The molecule has 0 unspecified atom stereocenters. The molecule has 0 fully saturated rings. The van der Waals surface area contributed by atoms with E-state index in [0.717, 1.165) is 5.56 Å². The molecule has 9 nitrogen and oxygen atoms in total. The number of fused-ring (bicyclic) bond motifs is 1.